The molecule has 0 aliphatic rings. The molecular formula is C3H7N6O6PS. The minimum absolute atomic E-state index is 0.0417. The van der Waals surface area contributed by atoms with Crippen LogP contribution in [0, 0.1) is 0 Å². The summed E-state index contributed by atoms with van der Waals surface area (Å²) in [6.45, 7) is 0. The molecule has 0 aromatic carbocycles. The maximum Gasteiger partial charge on any atom is 0.485 e. The second kappa shape index (κ2) is 6.05. The van der Waals surface area contributed by atoms with Crippen LogP contribution in [0.15, 0.2) is 0 Å². The van der Waals surface area contributed by atoms with Crippen molar-refractivity contribution >= 4 is 36.2 Å². The first kappa shape index (κ1) is 15.2. The van der Waals surface area contributed by atoms with Crippen molar-refractivity contribution in [2.75, 3.05) is 17.2 Å². The maximum atomic E-state index is 9.39. The molecule has 1 aromatic rings. The number of nitrogens with two attached hydrogens (primary N) is 3. The Morgan fingerprint density at radius 3 is 1.41 bits per heavy atom. The molecule has 0 bridgehead atoms. The van der Waals surface area contributed by atoms with Crippen molar-refractivity contribution in [3.8, 4) is 0 Å². The molecule has 0 amide bonds. The summed E-state index contributed by atoms with van der Waals surface area (Å²) in [5.74, 6) is 0.125. The van der Waals surface area contributed by atoms with E-state index in [0.717, 1.165) is 0 Å². The lowest BCUT2D eigenvalue weighted by molar-refractivity contribution is 0.372. The molecule has 0 unspecified atom stereocenters. The van der Waals surface area contributed by atoms with E-state index in [1.165, 1.54) is 0 Å². The summed E-state index contributed by atoms with van der Waals surface area (Å²) in [6, 6.07) is 0. The molecule has 0 saturated carbocycles. The normalized spacial score (nSPS) is 10.2. The van der Waals surface area contributed by atoms with Crippen LogP contribution in [0.5, 0.6) is 0 Å². The van der Waals surface area contributed by atoms with Crippen molar-refractivity contribution < 1.29 is 26.1 Å². The van der Waals surface area contributed by atoms with Crippen molar-refractivity contribution in [2.24, 2.45) is 0 Å². The van der Waals surface area contributed by atoms with Crippen molar-refractivity contribution in [1.29, 1.82) is 0 Å². The molecule has 14 heteroatoms. The summed E-state index contributed by atoms with van der Waals surface area (Å²) in [4.78, 5) is 10.5. The zero-order valence-electron chi connectivity index (χ0n) is 7.92. The minimum Gasteiger partial charge on any atom is -0.368 e. The van der Waals surface area contributed by atoms with Gasteiger partial charge < -0.3 is 17.2 Å². The lowest BCUT2D eigenvalue weighted by Gasteiger charge is -1.93. The van der Waals surface area contributed by atoms with E-state index in [9.17, 15) is 17.5 Å². The van der Waals surface area contributed by atoms with Gasteiger partial charge in [-0.2, -0.15) is 23.4 Å². The second-order valence-corrected chi connectivity index (χ2v) is 4.03. The van der Waals surface area contributed by atoms with Gasteiger partial charge in [0.1, 0.15) is 0 Å². The van der Waals surface area contributed by atoms with Gasteiger partial charge in [0.25, 0.3) is 0 Å². The summed E-state index contributed by atoms with van der Waals surface area (Å²) in [5.41, 5.74) is 15.4. The molecule has 1 rings (SSSR count). The number of anilines is 3. The van der Waals surface area contributed by atoms with Crippen LogP contribution in [0.1, 0.15) is 0 Å². The first-order valence-corrected chi connectivity index (χ1v) is 5.90. The van der Waals surface area contributed by atoms with E-state index in [1.807, 2.05) is 0 Å². The largest absolute Gasteiger partial charge is 0.485 e. The molecule has 1 aromatic heterocycles. The monoisotopic (exact) mass is 286 g/mol. The van der Waals surface area contributed by atoms with Crippen LogP contribution in [0.3, 0.4) is 0 Å². The van der Waals surface area contributed by atoms with Gasteiger partial charge in [-0.3, -0.25) is 4.55 Å². The zero-order chi connectivity index (χ0) is 13.6. The number of nitrogens with zero attached hydrogens (tertiary/aromatic N) is 3. The van der Waals surface area contributed by atoms with E-state index in [0.29, 0.717) is 0 Å². The molecule has 96 valence electrons. The fraction of sp³-hybridized carbons (Fsp3) is 0. The Morgan fingerprint density at radius 2 is 1.29 bits per heavy atom. The van der Waals surface area contributed by atoms with Crippen molar-refractivity contribution in [3.05, 3.63) is 0 Å². The molecular weight excluding hydrogens is 279 g/mol. The Morgan fingerprint density at radius 1 is 1.00 bits per heavy atom. The van der Waals surface area contributed by atoms with Gasteiger partial charge in [-0.05, 0) is 0 Å². The predicted molar refractivity (Wildman–Crippen MR) is 54.0 cm³/mol. The van der Waals surface area contributed by atoms with E-state index in [2.05, 4.69) is 18.9 Å². The quantitative estimate of drug-likeness (QED) is 0.361. The molecule has 0 fully saturated rings. The van der Waals surface area contributed by atoms with Crippen LogP contribution < -0.4 is 17.2 Å². The van der Waals surface area contributed by atoms with Gasteiger partial charge in [0, 0.05) is 0 Å². The van der Waals surface area contributed by atoms with Crippen LogP contribution >= 0.6 is 7.91 Å². The van der Waals surface area contributed by atoms with Gasteiger partial charge in [0.2, 0.25) is 17.8 Å². The SMILES string of the molecule is Nc1nc(N)nc(N)n1.O=P(=O)OS(=O)(=O)O. The Kier molecular flexibility index (Phi) is 5.40. The van der Waals surface area contributed by atoms with Crippen molar-refractivity contribution in [2.45, 2.75) is 0 Å². The fourth-order valence-electron chi connectivity index (χ4n) is 0.504. The highest BCUT2D eigenvalue weighted by Gasteiger charge is 2.06. The zero-order valence-corrected chi connectivity index (χ0v) is 9.63. The Balaban J connectivity index is 0.000000304. The third-order valence-electron chi connectivity index (χ3n) is 0.842. The van der Waals surface area contributed by atoms with Crippen LogP contribution in [0.4, 0.5) is 17.8 Å². The topological polar surface area (TPSA) is 214 Å². The highest BCUT2D eigenvalue weighted by Crippen LogP contribution is 2.07. The smallest absolute Gasteiger partial charge is 0.368 e. The van der Waals surface area contributed by atoms with Crippen LogP contribution in [0.2, 0.25) is 0 Å². The number of aromatic nitrogens is 3. The Bertz CT molecular complexity index is 496. The van der Waals surface area contributed by atoms with E-state index in [4.69, 9.17) is 21.8 Å². The summed E-state index contributed by atoms with van der Waals surface area (Å²) in [6.07, 6.45) is 0. The average Bonchev–Trinajstić information content (AvgIpc) is 1.95. The van der Waals surface area contributed by atoms with Gasteiger partial charge in [0.15, 0.2) is 0 Å². The van der Waals surface area contributed by atoms with Gasteiger partial charge in [0.05, 0.1) is 0 Å². The third-order valence-corrected chi connectivity index (χ3v) is 2.08. The molecule has 12 nitrogen and oxygen atoms in total. The number of rotatable bonds is 2. The molecule has 0 aliphatic carbocycles. The van der Waals surface area contributed by atoms with Crippen molar-refractivity contribution in [3.63, 3.8) is 0 Å². The molecule has 7 N–H and O–H groups in total. The fourth-order valence-corrected chi connectivity index (χ4v) is 1.12. The summed E-state index contributed by atoms with van der Waals surface area (Å²) < 4.78 is 47.8. The molecule has 0 spiro atoms. The highest BCUT2D eigenvalue weighted by atomic mass is 32.3. The van der Waals surface area contributed by atoms with E-state index in [1.54, 1.807) is 0 Å². The first-order valence-electron chi connectivity index (χ1n) is 3.44. The summed E-state index contributed by atoms with van der Waals surface area (Å²) in [7, 11) is -8.35. The van der Waals surface area contributed by atoms with Gasteiger partial charge in [-0.15, -0.1) is 3.97 Å². The van der Waals surface area contributed by atoms with E-state index in [-0.39, 0.29) is 17.8 Å². The first-order chi connectivity index (χ1) is 7.60. The third kappa shape index (κ3) is 9.13. The lowest BCUT2D eigenvalue weighted by Crippen LogP contribution is -2.05. The molecule has 0 atom stereocenters. The Labute approximate surface area is 95.1 Å². The van der Waals surface area contributed by atoms with Crippen LogP contribution in [-0.2, 0) is 23.5 Å². The van der Waals surface area contributed by atoms with Gasteiger partial charge in [-0.1, -0.05) is 0 Å². The van der Waals surface area contributed by atoms with E-state index >= 15 is 0 Å². The molecule has 17 heavy (non-hydrogen) atoms. The number of nitrogen functional groups attached to an aromatic ring is 3. The van der Waals surface area contributed by atoms with Gasteiger partial charge >= 0.3 is 18.3 Å². The molecule has 1 heterocycles. The number of hydrogen-bond donors (Lipinski definition) is 4. The van der Waals surface area contributed by atoms with Crippen molar-refractivity contribution in [1.82, 2.24) is 15.0 Å². The van der Waals surface area contributed by atoms with Gasteiger partial charge in [-0.25, -0.2) is 9.13 Å². The van der Waals surface area contributed by atoms with Crippen LogP contribution in [-0.4, -0.2) is 27.9 Å². The Hall–Kier alpha value is -1.82. The minimum atomic E-state index is -4.82. The molecule has 0 aliphatic heterocycles. The predicted octanol–water partition coefficient (Wildman–Crippen LogP) is -1.49. The molecule has 0 radical (unpaired) electrons. The van der Waals surface area contributed by atoms with E-state index < -0.39 is 18.3 Å². The maximum absolute atomic E-state index is 9.39. The highest BCUT2D eigenvalue weighted by molar-refractivity contribution is 7.83. The number of hydrogen-bond acceptors (Lipinski definition) is 11. The lowest BCUT2D eigenvalue weighted by atomic mass is 10.9. The average molecular weight is 286 g/mol. The standard InChI is InChI=1S/C3H6N6.HO6PS/c4-1-7-2(5)9-3(6)8-1;1-7(2)6-8(3,4)5/h(H6,4,5,6,7,8,9);(H,3,4,5). The molecule has 0 saturated heterocycles. The summed E-state index contributed by atoms with van der Waals surface area (Å²) in [5, 5.41) is 0. The van der Waals surface area contributed by atoms with Crippen LogP contribution in [0.25, 0.3) is 0 Å². The second-order valence-electron chi connectivity index (χ2n) is 2.14. The summed E-state index contributed by atoms with van der Waals surface area (Å²) >= 11 is 0.